The van der Waals surface area contributed by atoms with Crippen molar-refractivity contribution in [2.45, 2.75) is 45.3 Å². The molecule has 8 nitrogen and oxygen atoms in total. The molecule has 2 amide bonds. The lowest BCUT2D eigenvalue weighted by molar-refractivity contribution is -0.384. The first kappa shape index (κ1) is 21.9. The molecule has 2 N–H and O–H groups in total. The van der Waals surface area contributed by atoms with E-state index in [4.69, 9.17) is 4.74 Å². The van der Waals surface area contributed by atoms with Gasteiger partial charge < -0.3 is 15.4 Å². The van der Waals surface area contributed by atoms with Gasteiger partial charge >= 0.3 is 6.09 Å². The molecule has 0 heterocycles. The Kier molecular flexibility index (Phi) is 7.30. The van der Waals surface area contributed by atoms with E-state index in [0.29, 0.717) is 12.1 Å². The predicted molar refractivity (Wildman–Crippen MR) is 110 cm³/mol. The first-order chi connectivity index (χ1) is 13.6. The van der Waals surface area contributed by atoms with Crippen molar-refractivity contribution in [1.29, 1.82) is 0 Å². The van der Waals surface area contributed by atoms with Gasteiger partial charge in [-0.2, -0.15) is 0 Å². The molecule has 0 bridgehead atoms. The van der Waals surface area contributed by atoms with Crippen molar-refractivity contribution in [3.8, 4) is 0 Å². The highest BCUT2D eigenvalue weighted by atomic mass is 16.6. The standard InChI is InChI=1S/C21H25N3O5/c1-21(2,3)29-20(26)23-17(13-15-7-5-4-6-8-15)14-19(25)22-16-9-11-18(12-10-16)24(27)28/h4-12,17H,13-14H2,1-3H3,(H,22,25)(H,23,26). The summed E-state index contributed by atoms with van der Waals surface area (Å²) in [6.07, 6.45) is -0.125. The third-order valence-corrected chi connectivity index (χ3v) is 3.84. The molecule has 0 spiro atoms. The summed E-state index contributed by atoms with van der Waals surface area (Å²) in [4.78, 5) is 34.8. The number of amides is 2. The maximum atomic E-state index is 12.5. The van der Waals surface area contributed by atoms with E-state index in [9.17, 15) is 19.7 Å². The summed E-state index contributed by atoms with van der Waals surface area (Å²) in [5.74, 6) is -0.323. The number of nitro benzene ring substituents is 1. The Bertz CT molecular complexity index is 845. The lowest BCUT2D eigenvalue weighted by Crippen LogP contribution is -2.42. The third-order valence-electron chi connectivity index (χ3n) is 3.84. The van der Waals surface area contributed by atoms with Gasteiger partial charge in [-0.25, -0.2) is 4.79 Å². The van der Waals surface area contributed by atoms with E-state index in [-0.39, 0.29) is 18.0 Å². The third kappa shape index (κ3) is 8.00. The van der Waals surface area contributed by atoms with Crippen LogP contribution in [-0.4, -0.2) is 28.6 Å². The van der Waals surface area contributed by atoms with E-state index >= 15 is 0 Å². The molecule has 2 aromatic carbocycles. The van der Waals surface area contributed by atoms with Crippen LogP contribution >= 0.6 is 0 Å². The van der Waals surface area contributed by atoms with E-state index in [1.165, 1.54) is 24.3 Å². The van der Waals surface area contributed by atoms with Gasteiger partial charge in [-0.15, -0.1) is 0 Å². The zero-order valence-electron chi connectivity index (χ0n) is 16.7. The average Bonchev–Trinajstić information content (AvgIpc) is 2.61. The number of hydrogen-bond acceptors (Lipinski definition) is 5. The van der Waals surface area contributed by atoms with Gasteiger partial charge in [0, 0.05) is 30.3 Å². The van der Waals surface area contributed by atoms with E-state index < -0.39 is 22.7 Å². The van der Waals surface area contributed by atoms with Gasteiger partial charge in [0.2, 0.25) is 5.91 Å². The van der Waals surface area contributed by atoms with Crippen LogP contribution in [0.2, 0.25) is 0 Å². The normalized spacial score (nSPS) is 12.0. The first-order valence-electron chi connectivity index (χ1n) is 9.20. The van der Waals surface area contributed by atoms with Crippen LogP contribution in [0.1, 0.15) is 32.8 Å². The number of benzene rings is 2. The van der Waals surface area contributed by atoms with Gasteiger partial charge in [0.15, 0.2) is 0 Å². The topological polar surface area (TPSA) is 111 Å². The lowest BCUT2D eigenvalue weighted by Gasteiger charge is -2.23. The predicted octanol–water partition coefficient (Wildman–Crippen LogP) is 4.06. The molecular formula is C21H25N3O5. The van der Waals surface area contributed by atoms with E-state index in [0.717, 1.165) is 5.56 Å². The monoisotopic (exact) mass is 399 g/mol. The Balaban J connectivity index is 2.03. The van der Waals surface area contributed by atoms with Crippen LogP contribution in [0.4, 0.5) is 16.2 Å². The zero-order chi connectivity index (χ0) is 21.4. The molecule has 0 saturated carbocycles. The van der Waals surface area contributed by atoms with Crippen molar-refractivity contribution in [3.63, 3.8) is 0 Å². The fourth-order valence-corrected chi connectivity index (χ4v) is 2.65. The van der Waals surface area contributed by atoms with Crippen LogP contribution in [0.5, 0.6) is 0 Å². The fraction of sp³-hybridized carbons (Fsp3) is 0.333. The van der Waals surface area contributed by atoms with Crippen molar-refractivity contribution >= 4 is 23.4 Å². The molecule has 0 saturated heterocycles. The highest BCUT2D eigenvalue weighted by molar-refractivity contribution is 5.91. The zero-order valence-corrected chi connectivity index (χ0v) is 16.7. The van der Waals surface area contributed by atoms with Gasteiger partial charge in [0.05, 0.1) is 4.92 Å². The molecule has 154 valence electrons. The smallest absolute Gasteiger partial charge is 0.407 e. The first-order valence-corrected chi connectivity index (χ1v) is 9.20. The molecule has 1 unspecified atom stereocenters. The quantitative estimate of drug-likeness (QED) is 0.539. The summed E-state index contributed by atoms with van der Waals surface area (Å²) < 4.78 is 5.30. The maximum Gasteiger partial charge on any atom is 0.407 e. The van der Waals surface area contributed by atoms with Crippen LogP contribution in [-0.2, 0) is 16.0 Å². The van der Waals surface area contributed by atoms with Crippen LogP contribution in [0.3, 0.4) is 0 Å². The molecular weight excluding hydrogens is 374 g/mol. The largest absolute Gasteiger partial charge is 0.444 e. The van der Waals surface area contributed by atoms with Gasteiger partial charge in [-0.1, -0.05) is 30.3 Å². The maximum absolute atomic E-state index is 12.5. The molecule has 8 heteroatoms. The second kappa shape index (κ2) is 9.68. The highest BCUT2D eigenvalue weighted by Crippen LogP contribution is 2.16. The number of nitrogens with zero attached hydrogens (tertiary/aromatic N) is 1. The minimum Gasteiger partial charge on any atom is -0.444 e. The molecule has 0 aliphatic heterocycles. The van der Waals surface area contributed by atoms with Crippen LogP contribution < -0.4 is 10.6 Å². The van der Waals surface area contributed by atoms with Crippen molar-refractivity contribution < 1.29 is 19.2 Å². The molecule has 0 fully saturated rings. The summed E-state index contributed by atoms with van der Waals surface area (Å²) >= 11 is 0. The SMILES string of the molecule is CC(C)(C)OC(=O)NC(CC(=O)Nc1ccc([N+](=O)[O-])cc1)Cc1ccccc1. The molecule has 0 radical (unpaired) electrons. The van der Waals surface area contributed by atoms with Crippen molar-refractivity contribution in [1.82, 2.24) is 5.32 Å². The molecule has 1 atom stereocenters. The number of carbonyl (C=O) groups is 2. The summed E-state index contributed by atoms with van der Waals surface area (Å²) in [5, 5.41) is 16.2. The van der Waals surface area contributed by atoms with E-state index in [1.807, 2.05) is 30.3 Å². The molecule has 2 rings (SSSR count). The molecule has 0 aliphatic carbocycles. The minimum absolute atomic E-state index is 0.0190. The van der Waals surface area contributed by atoms with Gasteiger partial charge in [-0.3, -0.25) is 14.9 Å². The Hall–Kier alpha value is -3.42. The Labute approximate surface area is 169 Å². The molecule has 0 aliphatic rings. The Morgan fingerprint density at radius 1 is 1.07 bits per heavy atom. The number of non-ortho nitro benzene ring substituents is 1. The van der Waals surface area contributed by atoms with E-state index in [1.54, 1.807) is 20.8 Å². The summed E-state index contributed by atoms with van der Waals surface area (Å²) in [6.45, 7) is 5.29. The van der Waals surface area contributed by atoms with Crippen LogP contribution in [0.15, 0.2) is 54.6 Å². The number of nitrogens with one attached hydrogen (secondary N) is 2. The number of hydrogen-bond donors (Lipinski definition) is 2. The van der Waals surface area contributed by atoms with Crippen LogP contribution in [0.25, 0.3) is 0 Å². The summed E-state index contributed by atoms with van der Waals surface area (Å²) in [5.41, 5.74) is 0.701. The number of nitro groups is 1. The highest BCUT2D eigenvalue weighted by Gasteiger charge is 2.22. The average molecular weight is 399 g/mol. The van der Waals surface area contributed by atoms with Crippen LogP contribution in [0, 0.1) is 10.1 Å². The summed E-state index contributed by atoms with van der Waals surface area (Å²) in [6, 6.07) is 14.6. The summed E-state index contributed by atoms with van der Waals surface area (Å²) in [7, 11) is 0. The van der Waals surface area contributed by atoms with Gasteiger partial charge in [0.25, 0.3) is 5.69 Å². The number of alkyl carbamates (subject to hydrolysis) is 1. The number of carbonyl (C=O) groups excluding carboxylic acids is 2. The fourth-order valence-electron chi connectivity index (χ4n) is 2.65. The number of anilines is 1. The number of ether oxygens (including phenoxy) is 1. The molecule has 2 aromatic rings. The molecule has 0 aromatic heterocycles. The lowest BCUT2D eigenvalue weighted by atomic mass is 10.0. The van der Waals surface area contributed by atoms with Crippen molar-refractivity contribution in [2.24, 2.45) is 0 Å². The van der Waals surface area contributed by atoms with Gasteiger partial charge in [0.1, 0.15) is 5.60 Å². The second-order valence-electron chi connectivity index (χ2n) is 7.59. The van der Waals surface area contributed by atoms with E-state index in [2.05, 4.69) is 10.6 Å². The number of rotatable bonds is 7. The van der Waals surface area contributed by atoms with Crippen molar-refractivity contribution in [2.75, 3.05) is 5.32 Å². The minimum atomic E-state index is -0.650. The van der Waals surface area contributed by atoms with Gasteiger partial charge in [-0.05, 0) is 44.9 Å². The molecule has 29 heavy (non-hydrogen) atoms. The van der Waals surface area contributed by atoms with Crippen molar-refractivity contribution in [3.05, 3.63) is 70.3 Å². The Morgan fingerprint density at radius 3 is 2.24 bits per heavy atom. The Morgan fingerprint density at radius 2 is 1.69 bits per heavy atom. The second-order valence-corrected chi connectivity index (χ2v) is 7.59.